The van der Waals surface area contributed by atoms with Crippen molar-refractivity contribution in [1.82, 2.24) is 4.90 Å². The van der Waals surface area contributed by atoms with E-state index in [9.17, 15) is 14.0 Å². The van der Waals surface area contributed by atoms with Crippen LogP contribution in [0.1, 0.15) is 24.0 Å². The molecule has 29 heavy (non-hydrogen) atoms. The number of thiocarbonyl (C=S) groups is 1. The van der Waals surface area contributed by atoms with Crippen LogP contribution in [0.5, 0.6) is 5.75 Å². The van der Waals surface area contributed by atoms with Gasteiger partial charge in [0.25, 0.3) is 5.91 Å². The molecule has 0 spiro atoms. The summed E-state index contributed by atoms with van der Waals surface area (Å²) in [6, 6.07) is 13.5. The smallest absolute Gasteiger partial charge is 0.303 e. The van der Waals surface area contributed by atoms with Gasteiger partial charge in [0, 0.05) is 18.5 Å². The zero-order valence-electron chi connectivity index (χ0n) is 15.3. The molecule has 1 N–H and O–H groups in total. The average Bonchev–Trinajstić information content (AvgIpc) is 2.95. The van der Waals surface area contributed by atoms with E-state index in [4.69, 9.17) is 22.1 Å². The van der Waals surface area contributed by atoms with E-state index in [-0.39, 0.29) is 31.3 Å². The Morgan fingerprint density at radius 2 is 1.93 bits per heavy atom. The highest BCUT2D eigenvalue weighted by molar-refractivity contribution is 8.26. The summed E-state index contributed by atoms with van der Waals surface area (Å²) in [6.07, 6.45) is 2.07. The van der Waals surface area contributed by atoms with Crippen molar-refractivity contribution in [2.45, 2.75) is 19.4 Å². The normalized spacial score (nSPS) is 15.2. The van der Waals surface area contributed by atoms with Gasteiger partial charge in [-0.15, -0.1) is 0 Å². The van der Waals surface area contributed by atoms with Crippen molar-refractivity contribution in [3.8, 4) is 5.75 Å². The molecule has 5 nitrogen and oxygen atoms in total. The summed E-state index contributed by atoms with van der Waals surface area (Å²) < 4.78 is 19.7. The van der Waals surface area contributed by atoms with Crippen molar-refractivity contribution >= 4 is 46.3 Å². The van der Waals surface area contributed by atoms with Crippen LogP contribution in [0.2, 0.25) is 0 Å². The number of amides is 1. The number of carbonyl (C=O) groups is 2. The largest absolute Gasteiger partial charge is 0.489 e. The molecular weight excluding hydrogens is 413 g/mol. The number of carbonyl (C=O) groups excluding carboxylic acids is 1. The van der Waals surface area contributed by atoms with Gasteiger partial charge in [0.05, 0.1) is 4.91 Å². The van der Waals surface area contributed by atoms with E-state index in [0.29, 0.717) is 27.0 Å². The van der Waals surface area contributed by atoms with E-state index >= 15 is 0 Å². The maximum absolute atomic E-state index is 13.6. The number of aliphatic carboxylic acids is 1. The zero-order chi connectivity index (χ0) is 20.8. The van der Waals surface area contributed by atoms with Crippen LogP contribution >= 0.6 is 24.0 Å². The minimum absolute atomic E-state index is 0.00947. The number of carboxylic acids is 1. The van der Waals surface area contributed by atoms with Crippen LogP contribution < -0.4 is 4.74 Å². The number of carboxylic acid groups (broad SMARTS) is 1. The molecule has 3 rings (SSSR count). The van der Waals surface area contributed by atoms with Gasteiger partial charge in [-0.1, -0.05) is 54.3 Å². The van der Waals surface area contributed by atoms with E-state index in [1.807, 2.05) is 0 Å². The third kappa shape index (κ3) is 5.65. The number of benzene rings is 2. The number of hydrogen-bond donors (Lipinski definition) is 1. The van der Waals surface area contributed by atoms with E-state index in [2.05, 4.69) is 0 Å². The molecule has 1 aliphatic heterocycles. The predicted octanol–water partition coefficient (Wildman–Crippen LogP) is 4.47. The second-order valence-corrected chi connectivity index (χ2v) is 7.96. The van der Waals surface area contributed by atoms with Crippen molar-refractivity contribution < 1.29 is 23.8 Å². The highest BCUT2D eigenvalue weighted by Gasteiger charge is 2.31. The second-order valence-electron chi connectivity index (χ2n) is 6.28. The predicted molar refractivity (Wildman–Crippen MR) is 114 cm³/mol. The van der Waals surface area contributed by atoms with Gasteiger partial charge in [0.15, 0.2) is 0 Å². The summed E-state index contributed by atoms with van der Waals surface area (Å²) in [7, 11) is 0. The highest BCUT2D eigenvalue weighted by atomic mass is 32.2. The molecule has 1 saturated heterocycles. The van der Waals surface area contributed by atoms with E-state index in [0.717, 1.165) is 5.56 Å². The number of halogens is 1. The number of ether oxygens (including phenoxy) is 1. The van der Waals surface area contributed by atoms with Crippen LogP contribution in [-0.2, 0) is 16.2 Å². The van der Waals surface area contributed by atoms with Gasteiger partial charge in [-0.05, 0) is 36.3 Å². The Kier molecular flexibility index (Phi) is 7.00. The first-order chi connectivity index (χ1) is 13.9. The molecule has 2 aromatic rings. The number of hydrogen-bond acceptors (Lipinski definition) is 5. The molecule has 1 amide bonds. The van der Waals surface area contributed by atoms with Gasteiger partial charge >= 0.3 is 5.97 Å². The van der Waals surface area contributed by atoms with Crippen molar-refractivity contribution in [2.24, 2.45) is 0 Å². The Bertz CT molecular complexity index is 959. The Morgan fingerprint density at radius 1 is 1.21 bits per heavy atom. The average molecular weight is 432 g/mol. The lowest BCUT2D eigenvalue weighted by molar-refractivity contribution is -0.137. The van der Waals surface area contributed by atoms with Crippen LogP contribution in [0.4, 0.5) is 4.39 Å². The molecule has 8 heteroatoms. The number of rotatable bonds is 8. The van der Waals surface area contributed by atoms with Crippen LogP contribution in [0.3, 0.4) is 0 Å². The van der Waals surface area contributed by atoms with Gasteiger partial charge in [-0.2, -0.15) is 0 Å². The first kappa shape index (κ1) is 21.0. The summed E-state index contributed by atoms with van der Waals surface area (Å²) in [6.45, 7) is 0.415. The fourth-order valence-corrected chi connectivity index (χ4v) is 3.98. The summed E-state index contributed by atoms with van der Waals surface area (Å²) >= 11 is 6.43. The van der Waals surface area contributed by atoms with Gasteiger partial charge in [0.1, 0.15) is 22.5 Å². The topological polar surface area (TPSA) is 66.8 Å². The molecule has 0 unspecified atom stereocenters. The van der Waals surface area contributed by atoms with Gasteiger partial charge < -0.3 is 9.84 Å². The molecule has 1 fully saturated rings. The summed E-state index contributed by atoms with van der Waals surface area (Å²) in [4.78, 5) is 25.0. The van der Waals surface area contributed by atoms with E-state index in [1.165, 1.54) is 22.7 Å². The van der Waals surface area contributed by atoms with Gasteiger partial charge in [0.2, 0.25) is 0 Å². The van der Waals surface area contributed by atoms with E-state index < -0.39 is 5.97 Å². The lowest BCUT2D eigenvalue weighted by Gasteiger charge is -2.13. The van der Waals surface area contributed by atoms with Crippen LogP contribution in [0, 0.1) is 5.82 Å². The Hall–Kier alpha value is -2.71. The molecule has 0 aliphatic carbocycles. The third-order valence-electron chi connectivity index (χ3n) is 4.18. The lowest BCUT2D eigenvalue weighted by Crippen LogP contribution is -2.29. The highest BCUT2D eigenvalue weighted by Crippen LogP contribution is 2.33. The summed E-state index contributed by atoms with van der Waals surface area (Å²) in [5.74, 6) is -0.838. The molecule has 150 valence electrons. The Morgan fingerprint density at radius 3 is 2.62 bits per heavy atom. The molecule has 0 radical (unpaired) electrons. The van der Waals surface area contributed by atoms with E-state index in [1.54, 1.807) is 48.5 Å². The molecule has 0 saturated carbocycles. The second kappa shape index (κ2) is 9.67. The van der Waals surface area contributed by atoms with Gasteiger partial charge in [-0.25, -0.2) is 4.39 Å². The molecule has 1 aliphatic rings. The van der Waals surface area contributed by atoms with Crippen LogP contribution in [0.15, 0.2) is 53.4 Å². The fourth-order valence-electron chi connectivity index (χ4n) is 2.67. The SMILES string of the molecule is O=C(O)CCCN1C(=O)C(=Cc2ccc(OCc3ccccc3F)cc2)SC1=S. The lowest BCUT2D eigenvalue weighted by atomic mass is 10.2. The molecule has 2 aromatic carbocycles. The minimum atomic E-state index is -0.900. The maximum atomic E-state index is 13.6. The molecular formula is C21H18FNO4S2. The molecule has 0 atom stereocenters. The quantitative estimate of drug-likeness (QED) is 0.491. The maximum Gasteiger partial charge on any atom is 0.303 e. The van der Waals surface area contributed by atoms with Crippen LogP contribution in [-0.4, -0.2) is 32.7 Å². The summed E-state index contributed by atoms with van der Waals surface area (Å²) in [5, 5.41) is 8.72. The first-order valence-corrected chi connectivity index (χ1v) is 10.1. The molecule has 0 aromatic heterocycles. The number of thioether (sulfide) groups is 1. The first-order valence-electron chi connectivity index (χ1n) is 8.87. The third-order valence-corrected chi connectivity index (χ3v) is 5.55. The van der Waals surface area contributed by atoms with Crippen molar-refractivity contribution in [3.63, 3.8) is 0 Å². The van der Waals surface area contributed by atoms with Crippen LogP contribution in [0.25, 0.3) is 6.08 Å². The van der Waals surface area contributed by atoms with Crippen molar-refractivity contribution in [3.05, 3.63) is 70.4 Å². The monoisotopic (exact) mass is 431 g/mol. The minimum Gasteiger partial charge on any atom is -0.489 e. The number of nitrogens with zero attached hydrogens (tertiary/aromatic N) is 1. The molecule has 0 bridgehead atoms. The summed E-state index contributed by atoms with van der Waals surface area (Å²) in [5.41, 5.74) is 1.28. The standard InChI is InChI=1S/C21H18FNO4S2/c22-17-5-2-1-4-15(17)13-27-16-9-7-14(8-10-16)12-18-20(26)23(21(28)29-18)11-3-6-19(24)25/h1-2,4-5,7-10,12H,3,6,11,13H2,(H,24,25). The fraction of sp³-hybridized carbons (Fsp3) is 0.190. The van der Waals surface area contributed by atoms with Crippen molar-refractivity contribution in [1.29, 1.82) is 0 Å². The van der Waals surface area contributed by atoms with Crippen molar-refractivity contribution in [2.75, 3.05) is 6.54 Å². The zero-order valence-corrected chi connectivity index (χ0v) is 17.0. The van der Waals surface area contributed by atoms with Gasteiger partial charge in [-0.3, -0.25) is 14.5 Å². The Balaban J connectivity index is 1.60. The molecule has 1 heterocycles. The Labute approximate surface area is 177 Å².